The van der Waals surface area contributed by atoms with Crippen LogP contribution >= 0.6 is 11.3 Å². The standard InChI is InChI=1S/C13H19N3O3S/c1-8-3-5-16(6-4-8)13(19)14-9(2)11-15-10(7-20-11)12(17)18/h7-9H,3-6H2,1-2H3,(H,14,19)(H,17,18). The van der Waals surface area contributed by atoms with Gasteiger partial charge in [-0.2, -0.15) is 0 Å². The molecule has 0 aliphatic carbocycles. The normalized spacial score (nSPS) is 17.8. The van der Waals surface area contributed by atoms with Gasteiger partial charge >= 0.3 is 12.0 Å². The van der Waals surface area contributed by atoms with E-state index in [-0.39, 0.29) is 17.8 Å². The maximum absolute atomic E-state index is 12.1. The number of likely N-dealkylation sites (tertiary alicyclic amines) is 1. The molecule has 0 spiro atoms. The summed E-state index contributed by atoms with van der Waals surface area (Å²) in [6, 6.07) is -0.378. The van der Waals surface area contributed by atoms with E-state index in [4.69, 9.17) is 5.11 Å². The number of carbonyl (C=O) groups is 2. The van der Waals surface area contributed by atoms with E-state index in [2.05, 4.69) is 17.2 Å². The number of amides is 2. The predicted octanol–water partition coefficient (Wildman–Crippen LogP) is 2.34. The molecule has 1 aromatic heterocycles. The molecule has 1 aliphatic heterocycles. The molecule has 6 nitrogen and oxygen atoms in total. The fourth-order valence-corrected chi connectivity index (χ4v) is 2.93. The molecule has 7 heteroatoms. The van der Waals surface area contributed by atoms with Crippen LogP contribution in [0.5, 0.6) is 0 Å². The number of carboxylic acid groups (broad SMARTS) is 1. The summed E-state index contributed by atoms with van der Waals surface area (Å²) >= 11 is 1.25. The van der Waals surface area contributed by atoms with Crippen LogP contribution in [-0.2, 0) is 0 Å². The fourth-order valence-electron chi connectivity index (χ4n) is 2.13. The first-order valence-electron chi connectivity index (χ1n) is 6.71. The Hall–Kier alpha value is -1.63. The summed E-state index contributed by atoms with van der Waals surface area (Å²) in [4.78, 5) is 28.7. The Morgan fingerprint density at radius 2 is 2.15 bits per heavy atom. The number of nitrogens with one attached hydrogen (secondary N) is 1. The fraction of sp³-hybridized carbons (Fsp3) is 0.615. The van der Waals surface area contributed by atoms with Crippen molar-refractivity contribution in [3.8, 4) is 0 Å². The lowest BCUT2D eigenvalue weighted by molar-refractivity contribution is 0.0691. The summed E-state index contributed by atoms with van der Waals surface area (Å²) in [7, 11) is 0. The number of aromatic carboxylic acids is 1. The van der Waals surface area contributed by atoms with E-state index in [1.807, 2.05) is 11.8 Å². The van der Waals surface area contributed by atoms with Crippen molar-refractivity contribution >= 4 is 23.3 Å². The van der Waals surface area contributed by atoms with Crippen molar-refractivity contribution in [1.29, 1.82) is 0 Å². The van der Waals surface area contributed by atoms with Gasteiger partial charge in [0.05, 0.1) is 6.04 Å². The molecular formula is C13H19N3O3S. The third-order valence-electron chi connectivity index (χ3n) is 3.52. The molecule has 2 N–H and O–H groups in total. The van der Waals surface area contributed by atoms with Gasteiger partial charge < -0.3 is 15.3 Å². The average molecular weight is 297 g/mol. The molecule has 2 heterocycles. The smallest absolute Gasteiger partial charge is 0.355 e. The van der Waals surface area contributed by atoms with Crippen molar-refractivity contribution < 1.29 is 14.7 Å². The van der Waals surface area contributed by atoms with Gasteiger partial charge in [-0.05, 0) is 25.7 Å². The minimum absolute atomic E-state index is 0.0258. The molecule has 1 atom stereocenters. The number of thiazole rings is 1. The zero-order chi connectivity index (χ0) is 14.7. The topological polar surface area (TPSA) is 82.5 Å². The van der Waals surface area contributed by atoms with Crippen molar-refractivity contribution in [2.75, 3.05) is 13.1 Å². The quantitative estimate of drug-likeness (QED) is 0.897. The van der Waals surface area contributed by atoms with E-state index in [9.17, 15) is 9.59 Å². The first-order valence-corrected chi connectivity index (χ1v) is 7.59. The predicted molar refractivity (Wildman–Crippen MR) is 76.0 cm³/mol. The van der Waals surface area contributed by atoms with Gasteiger partial charge in [-0.15, -0.1) is 11.3 Å². The summed E-state index contributed by atoms with van der Waals surface area (Å²) in [6.45, 7) is 5.56. The summed E-state index contributed by atoms with van der Waals surface area (Å²) in [5.41, 5.74) is 0.0258. The van der Waals surface area contributed by atoms with Crippen LogP contribution in [0.25, 0.3) is 0 Å². The van der Waals surface area contributed by atoms with Crippen molar-refractivity contribution in [1.82, 2.24) is 15.2 Å². The molecule has 1 saturated heterocycles. The average Bonchev–Trinajstić information content (AvgIpc) is 2.89. The van der Waals surface area contributed by atoms with E-state index in [0.29, 0.717) is 10.9 Å². The number of aromatic nitrogens is 1. The Kier molecular flexibility index (Phi) is 4.59. The number of piperidine rings is 1. The van der Waals surface area contributed by atoms with E-state index in [1.165, 1.54) is 16.7 Å². The Morgan fingerprint density at radius 1 is 1.50 bits per heavy atom. The summed E-state index contributed by atoms with van der Waals surface area (Å²) in [5, 5.41) is 13.8. The Labute approximate surface area is 121 Å². The third kappa shape index (κ3) is 3.47. The van der Waals surface area contributed by atoms with E-state index in [0.717, 1.165) is 25.9 Å². The molecule has 1 unspecified atom stereocenters. The van der Waals surface area contributed by atoms with Gasteiger partial charge in [-0.25, -0.2) is 14.6 Å². The van der Waals surface area contributed by atoms with Gasteiger partial charge in [0.2, 0.25) is 0 Å². The molecule has 1 aliphatic rings. The zero-order valence-corrected chi connectivity index (χ0v) is 12.4. The second-order valence-corrected chi connectivity index (χ2v) is 6.11. The lowest BCUT2D eigenvalue weighted by Gasteiger charge is -2.31. The molecule has 1 fully saturated rings. The maximum atomic E-state index is 12.1. The van der Waals surface area contributed by atoms with Gasteiger partial charge in [-0.3, -0.25) is 0 Å². The first kappa shape index (κ1) is 14.8. The van der Waals surface area contributed by atoms with Crippen LogP contribution in [0.3, 0.4) is 0 Å². The number of carbonyl (C=O) groups excluding carboxylic acids is 1. The van der Waals surface area contributed by atoms with Crippen molar-refractivity contribution in [3.05, 3.63) is 16.1 Å². The van der Waals surface area contributed by atoms with Crippen molar-refractivity contribution in [3.63, 3.8) is 0 Å². The highest BCUT2D eigenvalue weighted by Gasteiger charge is 2.22. The Balaban J connectivity index is 1.91. The van der Waals surface area contributed by atoms with E-state index in [1.54, 1.807) is 0 Å². The molecule has 110 valence electrons. The number of carboxylic acids is 1. The lowest BCUT2D eigenvalue weighted by atomic mass is 10.00. The Morgan fingerprint density at radius 3 is 2.70 bits per heavy atom. The molecule has 0 radical (unpaired) electrons. The molecule has 0 bridgehead atoms. The van der Waals surface area contributed by atoms with Crippen LogP contribution in [0.2, 0.25) is 0 Å². The molecular weight excluding hydrogens is 278 g/mol. The molecule has 2 rings (SSSR count). The van der Waals surface area contributed by atoms with Gasteiger partial charge in [0.25, 0.3) is 0 Å². The van der Waals surface area contributed by atoms with Crippen LogP contribution < -0.4 is 5.32 Å². The number of hydrogen-bond donors (Lipinski definition) is 2. The summed E-state index contributed by atoms with van der Waals surface area (Å²) < 4.78 is 0. The molecule has 1 aromatic rings. The highest BCUT2D eigenvalue weighted by molar-refractivity contribution is 7.09. The lowest BCUT2D eigenvalue weighted by Crippen LogP contribution is -2.44. The minimum Gasteiger partial charge on any atom is -0.476 e. The van der Waals surface area contributed by atoms with Crippen molar-refractivity contribution in [2.24, 2.45) is 5.92 Å². The number of hydrogen-bond acceptors (Lipinski definition) is 4. The highest BCUT2D eigenvalue weighted by Crippen LogP contribution is 2.20. The molecule has 0 aromatic carbocycles. The van der Waals surface area contributed by atoms with E-state index < -0.39 is 5.97 Å². The second-order valence-electron chi connectivity index (χ2n) is 5.22. The molecule has 20 heavy (non-hydrogen) atoms. The third-order valence-corrected chi connectivity index (χ3v) is 4.55. The maximum Gasteiger partial charge on any atom is 0.355 e. The second kappa shape index (κ2) is 6.21. The van der Waals surface area contributed by atoms with Crippen LogP contribution in [0.4, 0.5) is 4.79 Å². The minimum atomic E-state index is -1.05. The van der Waals surface area contributed by atoms with Gasteiger partial charge in [0, 0.05) is 18.5 Å². The number of urea groups is 1. The SMILES string of the molecule is CC1CCN(C(=O)NC(C)c2nc(C(=O)O)cs2)CC1. The highest BCUT2D eigenvalue weighted by atomic mass is 32.1. The number of rotatable bonds is 3. The van der Waals surface area contributed by atoms with Gasteiger partial charge in [0.15, 0.2) is 5.69 Å². The van der Waals surface area contributed by atoms with Crippen molar-refractivity contribution in [2.45, 2.75) is 32.7 Å². The summed E-state index contributed by atoms with van der Waals surface area (Å²) in [6.07, 6.45) is 2.06. The van der Waals surface area contributed by atoms with E-state index >= 15 is 0 Å². The largest absolute Gasteiger partial charge is 0.476 e. The number of nitrogens with zero attached hydrogens (tertiary/aromatic N) is 2. The van der Waals surface area contributed by atoms with Crippen LogP contribution in [0.1, 0.15) is 48.2 Å². The van der Waals surface area contributed by atoms with Crippen LogP contribution in [0, 0.1) is 5.92 Å². The Bertz CT molecular complexity index is 495. The van der Waals surface area contributed by atoms with Crippen LogP contribution in [-0.4, -0.2) is 40.1 Å². The van der Waals surface area contributed by atoms with Crippen LogP contribution in [0.15, 0.2) is 5.38 Å². The van der Waals surface area contributed by atoms with Gasteiger partial charge in [-0.1, -0.05) is 6.92 Å². The first-order chi connectivity index (χ1) is 9.47. The van der Waals surface area contributed by atoms with Gasteiger partial charge in [0.1, 0.15) is 5.01 Å². The monoisotopic (exact) mass is 297 g/mol. The molecule has 0 saturated carbocycles. The summed E-state index contributed by atoms with van der Waals surface area (Å²) in [5.74, 6) is -0.371. The molecule has 2 amide bonds. The zero-order valence-electron chi connectivity index (χ0n) is 11.6.